The van der Waals surface area contributed by atoms with Crippen LogP contribution in [0.1, 0.15) is 36.5 Å². The van der Waals surface area contributed by atoms with Crippen LogP contribution in [0.5, 0.6) is 11.5 Å². The summed E-state index contributed by atoms with van der Waals surface area (Å²) >= 11 is 4.33. The highest BCUT2D eigenvalue weighted by Gasteiger charge is 2.37. The second-order valence-electron chi connectivity index (χ2n) is 8.18. The highest BCUT2D eigenvalue weighted by molar-refractivity contribution is 9.10. The van der Waals surface area contributed by atoms with Crippen molar-refractivity contribution in [2.75, 3.05) is 26.2 Å². The standard InChI is InChI=1S/C26H24BrN3O5S/c1-2-34-21-12-17(11-20(27)24(21)35-16-19-8-4-3-7-18(19)14-28)13-22-25(32)30(26(33)36-22)15-23(31)29-9-5-6-10-29/h3-4,7-8,11-13H,2,5-6,9-10,15-16H2,1H3/b22-13+. The van der Waals surface area contributed by atoms with Crippen molar-refractivity contribution in [1.82, 2.24) is 9.80 Å². The molecule has 0 radical (unpaired) electrons. The number of benzene rings is 2. The molecule has 0 N–H and O–H groups in total. The number of hydrogen-bond acceptors (Lipinski definition) is 7. The van der Waals surface area contributed by atoms with E-state index in [2.05, 4.69) is 22.0 Å². The Bertz CT molecular complexity index is 1270. The van der Waals surface area contributed by atoms with Crippen LogP contribution in [0.15, 0.2) is 45.8 Å². The van der Waals surface area contributed by atoms with Gasteiger partial charge in [-0.15, -0.1) is 0 Å². The van der Waals surface area contributed by atoms with Crippen LogP contribution in [0.2, 0.25) is 0 Å². The Morgan fingerprint density at radius 3 is 2.67 bits per heavy atom. The predicted octanol–water partition coefficient (Wildman–Crippen LogP) is 4.96. The van der Waals surface area contributed by atoms with Crippen LogP contribution in [0.25, 0.3) is 6.08 Å². The smallest absolute Gasteiger partial charge is 0.294 e. The Balaban J connectivity index is 1.53. The molecule has 2 fully saturated rings. The molecule has 2 heterocycles. The molecule has 186 valence electrons. The van der Waals surface area contributed by atoms with E-state index in [0.29, 0.717) is 46.8 Å². The minimum atomic E-state index is -0.486. The van der Waals surface area contributed by atoms with E-state index in [1.54, 1.807) is 35.2 Å². The van der Waals surface area contributed by atoms with E-state index < -0.39 is 11.1 Å². The summed E-state index contributed by atoms with van der Waals surface area (Å²) in [7, 11) is 0. The summed E-state index contributed by atoms with van der Waals surface area (Å²) in [5.74, 6) is 0.221. The van der Waals surface area contributed by atoms with Crippen LogP contribution in [0.3, 0.4) is 0 Å². The third kappa shape index (κ3) is 5.74. The molecule has 2 aromatic rings. The number of rotatable bonds is 8. The summed E-state index contributed by atoms with van der Waals surface area (Å²) in [4.78, 5) is 40.8. The van der Waals surface area contributed by atoms with Gasteiger partial charge in [-0.25, -0.2) is 0 Å². The zero-order valence-corrected chi connectivity index (χ0v) is 22.1. The lowest BCUT2D eigenvalue weighted by Gasteiger charge is -2.18. The van der Waals surface area contributed by atoms with Crippen molar-refractivity contribution in [1.29, 1.82) is 5.26 Å². The second kappa shape index (κ2) is 11.6. The number of imide groups is 1. The fourth-order valence-electron chi connectivity index (χ4n) is 3.97. The Labute approximate surface area is 222 Å². The van der Waals surface area contributed by atoms with Crippen molar-refractivity contribution in [3.63, 3.8) is 0 Å². The van der Waals surface area contributed by atoms with Crippen molar-refractivity contribution in [2.45, 2.75) is 26.4 Å². The number of likely N-dealkylation sites (tertiary alicyclic amines) is 1. The first-order valence-electron chi connectivity index (χ1n) is 11.5. The average molecular weight is 570 g/mol. The summed E-state index contributed by atoms with van der Waals surface area (Å²) < 4.78 is 12.4. The maximum atomic E-state index is 12.9. The fourth-order valence-corrected chi connectivity index (χ4v) is 5.38. The number of hydrogen-bond donors (Lipinski definition) is 0. The molecule has 8 nitrogen and oxygen atoms in total. The molecule has 0 spiro atoms. The number of amides is 3. The van der Waals surface area contributed by atoms with E-state index in [-0.39, 0.29) is 24.0 Å². The highest BCUT2D eigenvalue weighted by atomic mass is 79.9. The number of carbonyl (C=O) groups excluding carboxylic acids is 3. The lowest BCUT2D eigenvalue weighted by atomic mass is 10.1. The van der Waals surface area contributed by atoms with Gasteiger partial charge in [0.2, 0.25) is 5.91 Å². The highest BCUT2D eigenvalue weighted by Crippen LogP contribution is 2.40. The van der Waals surface area contributed by atoms with Crippen molar-refractivity contribution in [3.8, 4) is 17.6 Å². The molecule has 0 bridgehead atoms. The normalized spacial score (nSPS) is 16.5. The van der Waals surface area contributed by atoms with Crippen molar-refractivity contribution >= 4 is 50.8 Å². The predicted molar refractivity (Wildman–Crippen MR) is 139 cm³/mol. The van der Waals surface area contributed by atoms with Gasteiger partial charge in [0.15, 0.2) is 11.5 Å². The van der Waals surface area contributed by atoms with Gasteiger partial charge < -0.3 is 14.4 Å². The zero-order valence-electron chi connectivity index (χ0n) is 19.7. The Morgan fingerprint density at radius 2 is 1.94 bits per heavy atom. The Hall–Kier alpha value is -3.29. The van der Waals surface area contributed by atoms with Crippen LogP contribution in [0.4, 0.5) is 4.79 Å². The summed E-state index contributed by atoms with van der Waals surface area (Å²) in [6, 6.07) is 12.8. The number of nitriles is 1. The first-order valence-corrected chi connectivity index (χ1v) is 13.1. The minimum Gasteiger partial charge on any atom is -0.490 e. The molecule has 0 unspecified atom stereocenters. The van der Waals surface area contributed by atoms with E-state index in [1.807, 2.05) is 19.1 Å². The van der Waals surface area contributed by atoms with Gasteiger partial charge >= 0.3 is 0 Å². The van der Waals surface area contributed by atoms with Gasteiger partial charge in [0.05, 0.1) is 27.6 Å². The molecule has 0 aromatic heterocycles. The Morgan fingerprint density at radius 1 is 1.19 bits per heavy atom. The third-order valence-corrected chi connectivity index (χ3v) is 7.26. The van der Waals surface area contributed by atoms with Gasteiger partial charge in [0.1, 0.15) is 13.2 Å². The van der Waals surface area contributed by atoms with E-state index >= 15 is 0 Å². The maximum Gasteiger partial charge on any atom is 0.294 e. The molecule has 36 heavy (non-hydrogen) atoms. The first-order chi connectivity index (χ1) is 17.4. The molecule has 2 aliphatic heterocycles. The molecule has 2 aliphatic rings. The number of carbonyl (C=O) groups is 3. The molecule has 3 amide bonds. The van der Waals surface area contributed by atoms with Crippen molar-refractivity contribution < 1.29 is 23.9 Å². The van der Waals surface area contributed by atoms with Crippen LogP contribution in [-0.4, -0.2) is 53.1 Å². The minimum absolute atomic E-state index is 0.172. The SMILES string of the molecule is CCOc1cc(/C=C2/SC(=O)N(CC(=O)N3CCCC3)C2=O)cc(Br)c1OCc1ccccc1C#N. The second-order valence-corrected chi connectivity index (χ2v) is 10.0. The topological polar surface area (TPSA) is 99.9 Å². The van der Waals surface area contributed by atoms with Gasteiger partial charge in [0.25, 0.3) is 11.1 Å². The zero-order chi connectivity index (χ0) is 25.7. The number of ether oxygens (including phenoxy) is 2. The summed E-state index contributed by atoms with van der Waals surface area (Å²) in [5.41, 5.74) is 1.91. The lowest BCUT2D eigenvalue weighted by Crippen LogP contribution is -2.40. The molecular formula is C26H24BrN3O5S. The number of nitrogens with zero attached hydrogens (tertiary/aromatic N) is 3. The molecular weight excluding hydrogens is 546 g/mol. The average Bonchev–Trinajstić information content (AvgIpc) is 3.49. The maximum absolute atomic E-state index is 12.9. The van der Waals surface area contributed by atoms with Crippen LogP contribution in [0, 0.1) is 11.3 Å². The van der Waals surface area contributed by atoms with Gasteiger partial charge in [-0.1, -0.05) is 18.2 Å². The molecule has 2 aromatic carbocycles. The largest absolute Gasteiger partial charge is 0.490 e. The third-order valence-electron chi connectivity index (χ3n) is 5.77. The summed E-state index contributed by atoms with van der Waals surface area (Å²) in [6.07, 6.45) is 3.48. The number of halogens is 1. The Kier molecular flexibility index (Phi) is 8.33. The van der Waals surface area contributed by atoms with Gasteiger partial charge in [-0.05, 0) is 77.3 Å². The molecule has 10 heteroatoms. The quantitative estimate of drug-likeness (QED) is 0.414. The van der Waals surface area contributed by atoms with Crippen molar-refractivity contribution in [2.24, 2.45) is 0 Å². The molecule has 2 saturated heterocycles. The van der Waals surface area contributed by atoms with E-state index in [1.165, 1.54) is 0 Å². The van der Waals surface area contributed by atoms with E-state index in [9.17, 15) is 19.6 Å². The van der Waals surface area contributed by atoms with Gasteiger partial charge in [-0.2, -0.15) is 5.26 Å². The van der Waals surface area contributed by atoms with Crippen LogP contribution in [-0.2, 0) is 16.2 Å². The fraction of sp³-hybridized carbons (Fsp3) is 0.308. The van der Waals surface area contributed by atoms with Crippen LogP contribution < -0.4 is 9.47 Å². The van der Waals surface area contributed by atoms with Crippen molar-refractivity contribution in [3.05, 3.63) is 62.5 Å². The lowest BCUT2D eigenvalue weighted by molar-refractivity contribution is -0.135. The summed E-state index contributed by atoms with van der Waals surface area (Å²) in [6.45, 7) is 3.48. The van der Waals surface area contributed by atoms with Gasteiger partial charge in [0, 0.05) is 18.7 Å². The van der Waals surface area contributed by atoms with Gasteiger partial charge in [-0.3, -0.25) is 19.3 Å². The monoisotopic (exact) mass is 569 g/mol. The summed E-state index contributed by atoms with van der Waals surface area (Å²) in [5, 5.41) is 8.86. The number of thioether (sulfide) groups is 1. The molecule has 0 saturated carbocycles. The van der Waals surface area contributed by atoms with Crippen LogP contribution >= 0.6 is 27.7 Å². The molecule has 4 rings (SSSR count). The molecule has 0 aliphatic carbocycles. The first kappa shape index (κ1) is 25.8. The van der Waals surface area contributed by atoms with E-state index in [0.717, 1.165) is 35.1 Å². The molecule has 0 atom stereocenters. The van der Waals surface area contributed by atoms with E-state index in [4.69, 9.17) is 9.47 Å².